The van der Waals surface area contributed by atoms with Gasteiger partial charge in [-0.15, -0.1) is 0 Å². The monoisotopic (exact) mass is 428 g/mol. The Morgan fingerprint density at radius 1 is 1.06 bits per heavy atom. The Morgan fingerprint density at radius 2 is 1.84 bits per heavy atom. The number of aryl methyl sites for hydroxylation is 1. The molecule has 2 aliphatic rings. The van der Waals surface area contributed by atoms with Gasteiger partial charge in [-0.05, 0) is 56.4 Å². The van der Waals surface area contributed by atoms with Gasteiger partial charge in [-0.3, -0.25) is 4.68 Å². The highest BCUT2D eigenvalue weighted by Crippen LogP contribution is 2.45. The SMILES string of the molecule is C[C@H]1CN(c2cnc3nc(-c4cc5cn(C)nc5cc4O)cc(C4CC4)c3c2)C[C@H](C)N1. The van der Waals surface area contributed by atoms with Gasteiger partial charge in [0.05, 0.1) is 23.1 Å². The van der Waals surface area contributed by atoms with Crippen molar-refractivity contribution in [3.63, 3.8) is 0 Å². The molecule has 164 valence electrons. The van der Waals surface area contributed by atoms with Crippen LogP contribution in [0.4, 0.5) is 5.69 Å². The van der Waals surface area contributed by atoms with Gasteiger partial charge in [0.2, 0.25) is 0 Å². The van der Waals surface area contributed by atoms with Crippen LogP contribution in [0.25, 0.3) is 33.2 Å². The van der Waals surface area contributed by atoms with Gasteiger partial charge in [-0.2, -0.15) is 5.10 Å². The highest BCUT2D eigenvalue weighted by molar-refractivity contribution is 5.90. The van der Waals surface area contributed by atoms with E-state index in [1.165, 1.54) is 18.4 Å². The topological polar surface area (TPSA) is 79.1 Å². The second kappa shape index (κ2) is 7.17. The lowest BCUT2D eigenvalue weighted by Crippen LogP contribution is -2.54. The molecule has 1 saturated heterocycles. The Balaban J connectivity index is 1.47. The van der Waals surface area contributed by atoms with Gasteiger partial charge in [0.1, 0.15) is 5.75 Å². The fourth-order valence-electron chi connectivity index (χ4n) is 5.09. The molecule has 0 bridgehead atoms. The third-order valence-corrected chi connectivity index (χ3v) is 6.63. The summed E-state index contributed by atoms with van der Waals surface area (Å²) >= 11 is 0. The summed E-state index contributed by atoms with van der Waals surface area (Å²) in [6, 6.07) is 9.01. The fourth-order valence-corrected chi connectivity index (χ4v) is 5.09. The van der Waals surface area contributed by atoms with E-state index in [2.05, 4.69) is 41.3 Å². The standard InChI is InChI=1S/C25H28N6O/c1-14-11-31(12-15(2)27-14)18-7-20-19(16-4-5-16)8-23(28-25(20)26-10-18)21-6-17-13-30(3)29-22(17)9-24(21)32/h6-10,13-16,27,32H,4-5,11-12H2,1-3H3/t14-,15-/m0/s1. The molecule has 1 aliphatic heterocycles. The lowest BCUT2D eigenvalue weighted by Gasteiger charge is -2.37. The quantitative estimate of drug-likeness (QED) is 0.514. The van der Waals surface area contributed by atoms with Crippen molar-refractivity contribution < 1.29 is 5.11 Å². The average Bonchev–Trinajstić information content (AvgIpc) is 3.53. The van der Waals surface area contributed by atoms with Gasteiger partial charge in [0.15, 0.2) is 5.65 Å². The van der Waals surface area contributed by atoms with Gasteiger partial charge in [0.25, 0.3) is 0 Å². The first kappa shape index (κ1) is 19.5. The molecule has 0 radical (unpaired) electrons. The molecule has 2 atom stereocenters. The van der Waals surface area contributed by atoms with Crippen LogP contribution < -0.4 is 10.2 Å². The number of benzene rings is 1. The van der Waals surface area contributed by atoms with Crippen LogP contribution in [0.1, 0.15) is 38.2 Å². The maximum Gasteiger partial charge on any atom is 0.160 e. The van der Waals surface area contributed by atoms with Crippen LogP contribution in [0.15, 0.2) is 36.7 Å². The van der Waals surface area contributed by atoms with Crippen LogP contribution in [0, 0.1) is 0 Å². The van der Waals surface area contributed by atoms with E-state index >= 15 is 0 Å². The second-order valence-electron chi connectivity index (χ2n) is 9.54. The smallest absolute Gasteiger partial charge is 0.160 e. The number of phenols is 1. The Kier molecular flexibility index (Phi) is 4.37. The average molecular weight is 429 g/mol. The second-order valence-corrected chi connectivity index (χ2v) is 9.54. The summed E-state index contributed by atoms with van der Waals surface area (Å²) in [4.78, 5) is 12.1. The lowest BCUT2D eigenvalue weighted by molar-refractivity contribution is 0.407. The van der Waals surface area contributed by atoms with Gasteiger partial charge in [-0.25, -0.2) is 9.97 Å². The van der Waals surface area contributed by atoms with Crippen molar-refractivity contribution in [1.82, 2.24) is 25.1 Å². The van der Waals surface area contributed by atoms with Crippen LogP contribution >= 0.6 is 0 Å². The number of fused-ring (bicyclic) bond motifs is 2. The maximum absolute atomic E-state index is 10.7. The van der Waals surface area contributed by atoms with Gasteiger partial charge >= 0.3 is 0 Å². The van der Waals surface area contributed by atoms with Crippen molar-refractivity contribution in [3.05, 3.63) is 42.2 Å². The largest absolute Gasteiger partial charge is 0.507 e. The highest BCUT2D eigenvalue weighted by Gasteiger charge is 2.28. The molecule has 2 N–H and O–H groups in total. The minimum absolute atomic E-state index is 0.199. The number of pyridine rings is 2. The molecule has 0 unspecified atom stereocenters. The van der Waals surface area contributed by atoms with E-state index in [1.807, 2.05) is 25.5 Å². The molecular formula is C25H28N6O. The number of rotatable bonds is 3. The number of aromatic hydroxyl groups is 1. The van der Waals surface area contributed by atoms with Crippen molar-refractivity contribution in [2.24, 2.45) is 7.05 Å². The van der Waals surface area contributed by atoms with Crippen LogP contribution in [-0.2, 0) is 7.05 Å². The number of hydrogen-bond donors (Lipinski definition) is 2. The summed E-state index contributed by atoms with van der Waals surface area (Å²) in [5.41, 5.74) is 5.47. The van der Waals surface area contributed by atoms with Crippen molar-refractivity contribution in [2.75, 3.05) is 18.0 Å². The predicted octanol–water partition coefficient (Wildman–Crippen LogP) is 3.95. The molecule has 4 heterocycles. The Morgan fingerprint density at radius 3 is 2.59 bits per heavy atom. The number of nitrogens with zero attached hydrogens (tertiary/aromatic N) is 5. The van der Waals surface area contributed by atoms with Gasteiger partial charge in [0, 0.05) is 60.8 Å². The molecule has 4 aromatic rings. The van der Waals surface area contributed by atoms with Crippen LogP contribution in [0.5, 0.6) is 5.75 Å². The van der Waals surface area contributed by atoms with E-state index in [0.717, 1.165) is 52.0 Å². The molecule has 3 aromatic heterocycles. The first-order valence-electron chi connectivity index (χ1n) is 11.4. The zero-order valence-corrected chi connectivity index (χ0v) is 18.7. The van der Waals surface area contributed by atoms with Crippen molar-refractivity contribution in [1.29, 1.82) is 0 Å². The number of anilines is 1. The summed E-state index contributed by atoms with van der Waals surface area (Å²) < 4.78 is 1.76. The number of phenolic OH excluding ortho intramolecular Hbond substituents is 1. The third-order valence-electron chi connectivity index (χ3n) is 6.63. The van der Waals surface area contributed by atoms with Crippen LogP contribution in [0.3, 0.4) is 0 Å². The van der Waals surface area contributed by atoms with E-state index in [4.69, 9.17) is 9.97 Å². The fraction of sp³-hybridized carbons (Fsp3) is 0.400. The molecule has 1 aliphatic carbocycles. The minimum atomic E-state index is 0.199. The minimum Gasteiger partial charge on any atom is -0.507 e. The van der Waals surface area contributed by atoms with Gasteiger partial charge < -0.3 is 15.3 Å². The molecule has 1 aromatic carbocycles. The molecule has 7 heteroatoms. The highest BCUT2D eigenvalue weighted by atomic mass is 16.3. The zero-order chi connectivity index (χ0) is 22.0. The first-order valence-corrected chi connectivity index (χ1v) is 11.4. The molecule has 0 amide bonds. The number of piperazine rings is 1. The summed E-state index contributed by atoms with van der Waals surface area (Å²) in [5, 5.41) is 20.8. The normalized spacial score (nSPS) is 21.5. The zero-order valence-electron chi connectivity index (χ0n) is 18.7. The van der Waals surface area contributed by atoms with E-state index in [1.54, 1.807) is 10.7 Å². The number of aromatic nitrogens is 4. The van der Waals surface area contributed by atoms with Crippen LogP contribution in [-0.4, -0.2) is 50.0 Å². The van der Waals surface area contributed by atoms with Crippen LogP contribution in [0.2, 0.25) is 0 Å². The molecular weight excluding hydrogens is 400 g/mol. The van der Waals surface area contributed by atoms with Crippen molar-refractivity contribution in [2.45, 2.75) is 44.7 Å². The van der Waals surface area contributed by atoms with E-state index in [0.29, 0.717) is 18.0 Å². The predicted molar refractivity (Wildman–Crippen MR) is 127 cm³/mol. The third kappa shape index (κ3) is 3.37. The Labute approximate surface area is 187 Å². The first-order chi connectivity index (χ1) is 15.4. The number of nitrogens with one attached hydrogen (secondary N) is 1. The molecule has 6 rings (SSSR count). The Bertz CT molecular complexity index is 1330. The molecule has 0 spiro atoms. The molecule has 7 nitrogen and oxygen atoms in total. The summed E-state index contributed by atoms with van der Waals surface area (Å²) in [5.74, 6) is 0.742. The Hall–Kier alpha value is -3.19. The maximum atomic E-state index is 10.7. The molecule has 1 saturated carbocycles. The number of hydrogen-bond acceptors (Lipinski definition) is 6. The lowest BCUT2D eigenvalue weighted by atomic mass is 10.0. The van der Waals surface area contributed by atoms with Gasteiger partial charge in [-0.1, -0.05) is 0 Å². The summed E-state index contributed by atoms with van der Waals surface area (Å²) in [6.07, 6.45) is 6.29. The van der Waals surface area contributed by atoms with E-state index in [9.17, 15) is 5.11 Å². The summed E-state index contributed by atoms with van der Waals surface area (Å²) in [6.45, 7) is 6.40. The molecule has 32 heavy (non-hydrogen) atoms. The summed E-state index contributed by atoms with van der Waals surface area (Å²) in [7, 11) is 1.89. The molecule has 2 fully saturated rings. The van der Waals surface area contributed by atoms with E-state index in [-0.39, 0.29) is 5.75 Å². The van der Waals surface area contributed by atoms with E-state index < -0.39 is 0 Å². The van der Waals surface area contributed by atoms with Crippen molar-refractivity contribution >= 4 is 27.6 Å². The van der Waals surface area contributed by atoms with Crippen molar-refractivity contribution in [3.8, 4) is 17.0 Å².